The first-order valence-corrected chi connectivity index (χ1v) is 9.33. The van der Waals surface area contributed by atoms with Gasteiger partial charge in [-0.25, -0.2) is 0 Å². The van der Waals surface area contributed by atoms with Crippen LogP contribution in [0.4, 0.5) is 0 Å². The summed E-state index contributed by atoms with van der Waals surface area (Å²) in [6.45, 7) is 14.2. The summed E-state index contributed by atoms with van der Waals surface area (Å²) in [6, 6.07) is 12.4. The number of nitrogens with one attached hydrogen (secondary N) is 1. The van der Waals surface area contributed by atoms with Crippen LogP contribution in [0.3, 0.4) is 0 Å². The third kappa shape index (κ3) is 4.87. The molecule has 0 heterocycles. The standard InChI is InChI=1S/C23H31NO2/c1-14(2)20-11-9-16(4)13-22(20)26-19(7)23(25)24-18(6)21-12-15(3)8-10-17(21)5/h8-14,18-19H,1-7H3,(H,24,25)/t18-,19+/m0/s1. The van der Waals surface area contributed by atoms with E-state index in [-0.39, 0.29) is 11.9 Å². The van der Waals surface area contributed by atoms with Crippen molar-refractivity contribution in [3.63, 3.8) is 0 Å². The van der Waals surface area contributed by atoms with Gasteiger partial charge in [0.1, 0.15) is 5.75 Å². The number of rotatable bonds is 6. The van der Waals surface area contributed by atoms with Gasteiger partial charge in [-0.2, -0.15) is 0 Å². The van der Waals surface area contributed by atoms with Crippen molar-refractivity contribution in [2.45, 2.75) is 66.5 Å². The number of hydrogen-bond donors (Lipinski definition) is 1. The van der Waals surface area contributed by atoms with Crippen LogP contribution in [0.25, 0.3) is 0 Å². The van der Waals surface area contributed by atoms with Crippen molar-refractivity contribution in [2.24, 2.45) is 0 Å². The molecule has 3 heteroatoms. The topological polar surface area (TPSA) is 38.3 Å². The first-order valence-electron chi connectivity index (χ1n) is 9.33. The molecule has 0 saturated carbocycles. The number of aryl methyl sites for hydroxylation is 3. The molecule has 2 aromatic rings. The number of ether oxygens (including phenoxy) is 1. The Balaban J connectivity index is 2.11. The number of carbonyl (C=O) groups excluding carboxylic acids is 1. The molecule has 0 aliphatic carbocycles. The normalized spacial score (nSPS) is 13.4. The average Bonchev–Trinajstić information content (AvgIpc) is 2.56. The molecule has 26 heavy (non-hydrogen) atoms. The predicted octanol–water partition coefficient (Wildman–Crippen LogP) is 5.38. The Morgan fingerprint density at radius 2 is 1.50 bits per heavy atom. The summed E-state index contributed by atoms with van der Waals surface area (Å²) in [5.74, 6) is 1.03. The van der Waals surface area contributed by atoms with Gasteiger partial charge >= 0.3 is 0 Å². The zero-order valence-electron chi connectivity index (χ0n) is 17.0. The van der Waals surface area contributed by atoms with Crippen LogP contribution in [-0.4, -0.2) is 12.0 Å². The molecule has 140 valence electrons. The summed E-state index contributed by atoms with van der Waals surface area (Å²) >= 11 is 0. The second-order valence-corrected chi connectivity index (χ2v) is 7.55. The van der Waals surface area contributed by atoms with E-state index in [0.717, 1.165) is 22.4 Å². The van der Waals surface area contributed by atoms with Crippen molar-refractivity contribution >= 4 is 5.91 Å². The van der Waals surface area contributed by atoms with Gasteiger partial charge in [0.15, 0.2) is 6.10 Å². The number of benzene rings is 2. The lowest BCUT2D eigenvalue weighted by molar-refractivity contribution is -0.127. The fourth-order valence-corrected chi connectivity index (χ4v) is 3.10. The number of amides is 1. The Hall–Kier alpha value is -2.29. The maximum atomic E-state index is 12.7. The molecular weight excluding hydrogens is 322 g/mol. The van der Waals surface area contributed by atoms with Crippen molar-refractivity contribution in [1.29, 1.82) is 0 Å². The fraction of sp³-hybridized carbons (Fsp3) is 0.435. The lowest BCUT2D eigenvalue weighted by atomic mass is 9.99. The van der Waals surface area contributed by atoms with Crippen LogP contribution >= 0.6 is 0 Å². The van der Waals surface area contributed by atoms with Crippen LogP contribution in [0.15, 0.2) is 36.4 Å². The van der Waals surface area contributed by atoms with Crippen LogP contribution in [0.5, 0.6) is 5.75 Å². The molecule has 1 amide bonds. The smallest absolute Gasteiger partial charge is 0.261 e. The minimum atomic E-state index is -0.554. The van der Waals surface area contributed by atoms with E-state index in [1.54, 1.807) is 6.92 Å². The van der Waals surface area contributed by atoms with Gasteiger partial charge in [-0.15, -0.1) is 0 Å². The van der Waals surface area contributed by atoms with Crippen LogP contribution < -0.4 is 10.1 Å². The lowest BCUT2D eigenvalue weighted by Gasteiger charge is -2.22. The molecule has 2 aromatic carbocycles. The minimum absolute atomic E-state index is 0.0597. The van der Waals surface area contributed by atoms with Crippen molar-refractivity contribution in [1.82, 2.24) is 5.32 Å². The van der Waals surface area contributed by atoms with Gasteiger partial charge in [0.2, 0.25) is 0 Å². The molecule has 0 bridgehead atoms. The Bertz CT molecular complexity index is 780. The summed E-state index contributed by atoms with van der Waals surface area (Å²) in [7, 11) is 0. The zero-order valence-corrected chi connectivity index (χ0v) is 17.0. The second-order valence-electron chi connectivity index (χ2n) is 7.55. The molecule has 2 rings (SSSR count). The van der Waals surface area contributed by atoms with Crippen LogP contribution in [0, 0.1) is 20.8 Å². The molecule has 0 spiro atoms. The molecule has 0 aliphatic heterocycles. The summed E-state index contributed by atoms with van der Waals surface area (Å²) in [4.78, 5) is 12.7. The maximum Gasteiger partial charge on any atom is 0.261 e. The molecule has 0 saturated heterocycles. The van der Waals surface area contributed by atoms with Gasteiger partial charge in [0.25, 0.3) is 5.91 Å². The largest absolute Gasteiger partial charge is 0.481 e. The van der Waals surface area contributed by atoms with Gasteiger partial charge in [0, 0.05) is 0 Å². The average molecular weight is 354 g/mol. The summed E-state index contributed by atoms with van der Waals surface area (Å²) in [5.41, 5.74) is 5.76. The van der Waals surface area contributed by atoms with Crippen molar-refractivity contribution < 1.29 is 9.53 Å². The molecule has 3 nitrogen and oxygen atoms in total. The zero-order chi connectivity index (χ0) is 19.4. The first kappa shape index (κ1) is 20.0. The molecule has 0 aromatic heterocycles. The summed E-state index contributed by atoms with van der Waals surface area (Å²) < 4.78 is 6.03. The van der Waals surface area contributed by atoms with Crippen molar-refractivity contribution in [3.05, 3.63) is 64.2 Å². The van der Waals surface area contributed by atoms with Gasteiger partial charge < -0.3 is 10.1 Å². The van der Waals surface area contributed by atoms with E-state index in [2.05, 4.69) is 63.3 Å². The fourth-order valence-electron chi connectivity index (χ4n) is 3.10. The van der Waals surface area contributed by atoms with E-state index in [0.29, 0.717) is 5.92 Å². The number of carbonyl (C=O) groups is 1. The minimum Gasteiger partial charge on any atom is -0.481 e. The Morgan fingerprint density at radius 1 is 0.885 bits per heavy atom. The molecule has 0 radical (unpaired) electrons. The Kier molecular flexibility index (Phi) is 6.47. The molecule has 0 unspecified atom stereocenters. The molecule has 2 atom stereocenters. The van der Waals surface area contributed by atoms with E-state index in [9.17, 15) is 4.79 Å². The molecule has 0 fully saturated rings. The van der Waals surface area contributed by atoms with Gasteiger partial charge in [-0.3, -0.25) is 4.79 Å². The quantitative estimate of drug-likeness (QED) is 0.757. The van der Waals surface area contributed by atoms with Gasteiger partial charge in [0.05, 0.1) is 6.04 Å². The van der Waals surface area contributed by atoms with Gasteiger partial charge in [-0.05, 0) is 68.9 Å². The Labute approximate surface area is 157 Å². The number of hydrogen-bond acceptors (Lipinski definition) is 2. The van der Waals surface area contributed by atoms with E-state index < -0.39 is 6.10 Å². The highest BCUT2D eigenvalue weighted by Gasteiger charge is 2.20. The molecule has 1 N–H and O–H groups in total. The summed E-state index contributed by atoms with van der Waals surface area (Å²) in [5, 5.41) is 3.08. The maximum absolute atomic E-state index is 12.7. The van der Waals surface area contributed by atoms with E-state index in [1.807, 2.05) is 19.9 Å². The SMILES string of the molecule is Cc1ccc(C(C)C)c(O[C@H](C)C(=O)N[C@@H](C)c2cc(C)ccc2C)c1. The van der Waals surface area contributed by atoms with Crippen LogP contribution in [0.2, 0.25) is 0 Å². The predicted molar refractivity (Wildman–Crippen MR) is 108 cm³/mol. The monoisotopic (exact) mass is 353 g/mol. The third-order valence-corrected chi connectivity index (χ3v) is 4.72. The highest BCUT2D eigenvalue weighted by atomic mass is 16.5. The van der Waals surface area contributed by atoms with E-state index in [4.69, 9.17) is 4.74 Å². The van der Waals surface area contributed by atoms with Gasteiger partial charge in [-0.1, -0.05) is 49.7 Å². The third-order valence-electron chi connectivity index (χ3n) is 4.72. The van der Waals surface area contributed by atoms with E-state index in [1.165, 1.54) is 11.1 Å². The van der Waals surface area contributed by atoms with Crippen LogP contribution in [-0.2, 0) is 4.79 Å². The Morgan fingerprint density at radius 3 is 2.15 bits per heavy atom. The highest BCUT2D eigenvalue weighted by Crippen LogP contribution is 2.28. The molecular formula is C23H31NO2. The van der Waals surface area contributed by atoms with Crippen molar-refractivity contribution in [2.75, 3.05) is 0 Å². The first-order chi connectivity index (χ1) is 12.2. The van der Waals surface area contributed by atoms with Crippen LogP contribution in [0.1, 0.15) is 67.5 Å². The van der Waals surface area contributed by atoms with E-state index >= 15 is 0 Å². The summed E-state index contributed by atoms with van der Waals surface area (Å²) in [6.07, 6.45) is -0.554. The molecule has 0 aliphatic rings. The highest BCUT2D eigenvalue weighted by molar-refractivity contribution is 5.81. The lowest BCUT2D eigenvalue weighted by Crippen LogP contribution is -2.38. The second kappa shape index (κ2) is 8.39. The van der Waals surface area contributed by atoms with Crippen molar-refractivity contribution in [3.8, 4) is 5.75 Å².